The number of hydrogen-bond donors (Lipinski definition) is 2. The molecular formula is C13H16N6O2S. The molecule has 0 aliphatic carbocycles. The van der Waals surface area contributed by atoms with Crippen molar-refractivity contribution in [2.75, 3.05) is 5.32 Å². The first-order valence-corrected chi connectivity index (χ1v) is 7.55. The molecule has 9 heteroatoms. The number of carbonyl (C=O) groups is 2. The molecule has 2 rings (SSSR count). The van der Waals surface area contributed by atoms with Gasteiger partial charge in [0.05, 0.1) is 6.54 Å². The highest BCUT2D eigenvalue weighted by molar-refractivity contribution is 7.13. The molecule has 0 saturated carbocycles. The van der Waals surface area contributed by atoms with Crippen molar-refractivity contribution in [3.63, 3.8) is 0 Å². The van der Waals surface area contributed by atoms with E-state index in [0.717, 1.165) is 11.4 Å². The van der Waals surface area contributed by atoms with E-state index >= 15 is 0 Å². The van der Waals surface area contributed by atoms with Crippen molar-refractivity contribution in [2.24, 2.45) is 0 Å². The Bertz CT molecular complexity index is 638. The molecule has 116 valence electrons. The van der Waals surface area contributed by atoms with Crippen LogP contribution in [0.4, 0.5) is 5.13 Å². The number of hydrogen-bond acceptors (Lipinski definition) is 7. The SMILES string of the molecule is Cc1cc(C)nc(CNC(=O)CCC(=O)Nc2nncs2)n1. The first kappa shape index (κ1) is 16.0. The first-order valence-electron chi connectivity index (χ1n) is 6.67. The maximum atomic E-state index is 11.7. The Labute approximate surface area is 131 Å². The molecule has 0 bridgehead atoms. The summed E-state index contributed by atoms with van der Waals surface area (Å²) in [6.07, 6.45) is 0.175. The average molecular weight is 320 g/mol. The average Bonchev–Trinajstić information content (AvgIpc) is 2.95. The maximum Gasteiger partial charge on any atom is 0.226 e. The van der Waals surface area contributed by atoms with E-state index in [1.54, 1.807) is 0 Å². The van der Waals surface area contributed by atoms with E-state index in [0.29, 0.717) is 11.0 Å². The van der Waals surface area contributed by atoms with Crippen LogP contribution in [0, 0.1) is 13.8 Å². The fraction of sp³-hybridized carbons (Fsp3) is 0.385. The Morgan fingerprint density at radius 1 is 1.14 bits per heavy atom. The minimum atomic E-state index is -0.269. The van der Waals surface area contributed by atoms with Crippen LogP contribution in [0.25, 0.3) is 0 Å². The number of nitrogens with zero attached hydrogens (tertiary/aromatic N) is 4. The fourth-order valence-corrected chi connectivity index (χ4v) is 2.24. The van der Waals surface area contributed by atoms with E-state index in [4.69, 9.17) is 0 Å². The molecule has 2 amide bonds. The van der Waals surface area contributed by atoms with Gasteiger partial charge in [-0.15, -0.1) is 10.2 Å². The van der Waals surface area contributed by atoms with Crippen LogP contribution in [-0.4, -0.2) is 32.0 Å². The van der Waals surface area contributed by atoms with Crippen molar-refractivity contribution >= 4 is 28.3 Å². The number of carbonyl (C=O) groups excluding carboxylic acids is 2. The van der Waals surface area contributed by atoms with Crippen LogP contribution in [-0.2, 0) is 16.1 Å². The topological polar surface area (TPSA) is 110 Å². The van der Waals surface area contributed by atoms with Gasteiger partial charge in [-0.3, -0.25) is 9.59 Å². The van der Waals surface area contributed by atoms with E-state index in [1.807, 2.05) is 19.9 Å². The van der Waals surface area contributed by atoms with Crippen molar-refractivity contribution in [2.45, 2.75) is 33.2 Å². The normalized spacial score (nSPS) is 10.3. The van der Waals surface area contributed by atoms with Crippen molar-refractivity contribution in [1.29, 1.82) is 0 Å². The lowest BCUT2D eigenvalue weighted by molar-refractivity contribution is -0.124. The summed E-state index contributed by atoms with van der Waals surface area (Å²) in [6, 6.07) is 1.86. The predicted molar refractivity (Wildman–Crippen MR) is 81.1 cm³/mol. The third kappa shape index (κ3) is 5.17. The monoisotopic (exact) mass is 320 g/mol. The van der Waals surface area contributed by atoms with Gasteiger partial charge in [-0.25, -0.2) is 9.97 Å². The van der Waals surface area contributed by atoms with Gasteiger partial charge in [-0.2, -0.15) is 0 Å². The van der Waals surface area contributed by atoms with Gasteiger partial charge < -0.3 is 10.6 Å². The number of rotatable bonds is 6. The molecule has 0 saturated heterocycles. The second-order valence-electron chi connectivity index (χ2n) is 4.64. The third-order valence-electron chi connectivity index (χ3n) is 2.66. The molecule has 2 aromatic heterocycles. The van der Waals surface area contributed by atoms with Crippen molar-refractivity contribution in [1.82, 2.24) is 25.5 Å². The van der Waals surface area contributed by atoms with Crippen molar-refractivity contribution in [3.8, 4) is 0 Å². The summed E-state index contributed by atoms with van der Waals surface area (Å²) in [5, 5.41) is 13.0. The first-order chi connectivity index (χ1) is 10.5. The van der Waals surface area contributed by atoms with Gasteiger partial charge in [0.15, 0.2) is 0 Å². The minimum Gasteiger partial charge on any atom is -0.349 e. The van der Waals surface area contributed by atoms with Crippen LogP contribution >= 0.6 is 11.3 Å². The van der Waals surface area contributed by atoms with Crippen LogP contribution in [0.5, 0.6) is 0 Å². The number of amides is 2. The zero-order valence-corrected chi connectivity index (χ0v) is 13.1. The number of anilines is 1. The molecule has 0 radical (unpaired) electrons. The van der Waals surface area contributed by atoms with E-state index in [2.05, 4.69) is 30.8 Å². The highest BCUT2D eigenvalue weighted by atomic mass is 32.1. The van der Waals surface area contributed by atoms with E-state index < -0.39 is 0 Å². The molecule has 2 N–H and O–H groups in total. The lowest BCUT2D eigenvalue weighted by Gasteiger charge is -2.06. The largest absolute Gasteiger partial charge is 0.349 e. The van der Waals surface area contributed by atoms with E-state index in [-0.39, 0.29) is 31.2 Å². The van der Waals surface area contributed by atoms with Crippen LogP contribution < -0.4 is 10.6 Å². The molecule has 0 fully saturated rings. The van der Waals surface area contributed by atoms with Gasteiger partial charge >= 0.3 is 0 Å². The Balaban J connectivity index is 1.72. The van der Waals surface area contributed by atoms with Crippen LogP contribution in [0.2, 0.25) is 0 Å². The summed E-state index contributed by atoms with van der Waals surface area (Å²) in [4.78, 5) is 31.8. The molecule has 22 heavy (non-hydrogen) atoms. The zero-order chi connectivity index (χ0) is 15.9. The summed E-state index contributed by atoms with van der Waals surface area (Å²) >= 11 is 1.22. The highest BCUT2D eigenvalue weighted by Gasteiger charge is 2.09. The Kier molecular flexibility index (Phi) is 5.48. The molecule has 0 spiro atoms. The second kappa shape index (κ2) is 7.55. The van der Waals surface area contributed by atoms with E-state index in [1.165, 1.54) is 16.8 Å². The van der Waals surface area contributed by atoms with Crippen LogP contribution in [0.3, 0.4) is 0 Å². The Morgan fingerprint density at radius 3 is 2.45 bits per heavy atom. The summed E-state index contributed by atoms with van der Waals surface area (Å²) in [5.41, 5.74) is 3.23. The summed E-state index contributed by atoms with van der Waals surface area (Å²) in [7, 11) is 0. The van der Waals surface area contributed by atoms with Crippen LogP contribution in [0.15, 0.2) is 11.6 Å². The van der Waals surface area contributed by atoms with Crippen molar-refractivity contribution < 1.29 is 9.59 Å². The molecule has 2 aromatic rings. The van der Waals surface area contributed by atoms with Gasteiger partial charge in [0.1, 0.15) is 11.3 Å². The molecule has 0 unspecified atom stereocenters. The fourth-order valence-electron chi connectivity index (χ4n) is 1.78. The second-order valence-corrected chi connectivity index (χ2v) is 5.47. The Hall–Kier alpha value is -2.42. The van der Waals surface area contributed by atoms with Gasteiger partial charge in [0.25, 0.3) is 0 Å². The molecular weight excluding hydrogens is 304 g/mol. The number of aryl methyl sites for hydroxylation is 2. The van der Waals surface area contributed by atoms with Gasteiger partial charge in [-0.05, 0) is 19.9 Å². The third-order valence-corrected chi connectivity index (χ3v) is 3.26. The van der Waals surface area contributed by atoms with E-state index in [9.17, 15) is 9.59 Å². The summed E-state index contributed by atoms with van der Waals surface area (Å²) in [5.74, 6) is 0.0638. The number of nitrogens with one attached hydrogen (secondary N) is 2. The maximum absolute atomic E-state index is 11.7. The lowest BCUT2D eigenvalue weighted by atomic mass is 10.3. The lowest BCUT2D eigenvalue weighted by Crippen LogP contribution is -2.25. The molecule has 0 aliphatic rings. The van der Waals surface area contributed by atoms with Gasteiger partial charge in [-0.1, -0.05) is 11.3 Å². The van der Waals surface area contributed by atoms with Crippen molar-refractivity contribution in [3.05, 3.63) is 28.8 Å². The minimum absolute atomic E-state index is 0.0825. The Morgan fingerprint density at radius 2 is 1.82 bits per heavy atom. The van der Waals surface area contributed by atoms with Crippen LogP contribution in [0.1, 0.15) is 30.1 Å². The molecule has 2 heterocycles. The van der Waals surface area contributed by atoms with Gasteiger partial charge in [0, 0.05) is 24.2 Å². The highest BCUT2D eigenvalue weighted by Crippen LogP contribution is 2.08. The quantitative estimate of drug-likeness (QED) is 0.821. The molecule has 8 nitrogen and oxygen atoms in total. The molecule has 0 aromatic carbocycles. The summed E-state index contributed by atoms with van der Waals surface area (Å²) in [6.45, 7) is 4.00. The van der Waals surface area contributed by atoms with Gasteiger partial charge in [0.2, 0.25) is 16.9 Å². The molecule has 0 aliphatic heterocycles. The zero-order valence-electron chi connectivity index (χ0n) is 12.3. The predicted octanol–water partition coefficient (Wildman–Crippen LogP) is 0.980. The smallest absolute Gasteiger partial charge is 0.226 e. The summed E-state index contributed by atoms with van der Waals surface area (Å²) < 4.78 is 0. The standard InChI is InChI=1S/C13H16N6O2S/c1-8-5-9(2)17-10(16-8)6-14-11(20)3-4-12(21)18-13-19-15-7-22-13/h5,7H,3-4,6H2,1-2H3,(H,14,20)(H,18,19,21). The molecule has 0 atom stereocenters. The number of aromatic nitrogens is 4.